The molecule has 0 radical (unpaired) electrons. The average Bonchev–Trinajstić information content (AvgIpc) is 3.24. The Labute approximate surface area is 240 Å². The fraction of sp³-hybridized carbons (Fsp3) is 0.367. The Morgan fingerprint density at radius 2 is 1.93 bits per heavy atom. The van der Waals surface area contributed by atoms with E-state index in [4.69, 9.17) is 14.7 Å². The Morgan fingerprint density at radius 1 is 1.15 bits per heavy atom. The number of rotatable bonds is 4. The van der Waals surface area contributed by atoms with Crippen LogP contribution in [0, 0.1) is 23.6 Å². The number of nitrogens with zero attached hydrogens (tertiary/aromatic N) is 6. The maximum absolute atomic E-state index is 15.1. The first kappa shape index (κ1) is 25.9. The zero-order valence-electron chi connectivity index (χ0n) is 23.5. The van der Waals surface area contributed by atoms with Crippen LogP contribution in [0.25, 0.3) is 33.0 Å². The lowest BCUT2D eigenvalue weighted by molar-refractivity contribution is 0.0589. The van der Waals surface area contributed by atoms with Crippen molar-refractivity contribution in [3.05, 3.63) is 48.5 Å². The number of benzene rings is 1. The molecule has 5 aromatic rings. The fourth-order valence-corrected chi connectivity index (χ4v) is 6.62. The van der Waals surface area contributed by atoms with Crippen LogP contribution >= 0.6 is 11.8 Å². The Hall–Kier alpha value is -3.99. The molecule has 210 valence electrons. The number of aromatic nitrogens is 5. The highest BCUT2D eigenvalue weighted by Gasteiger charge is 2.53. The van der Waals surface area contributed by atoms with Gasteiger partial charge in [-0.25, -0.2) is 19.2 Å². The monoisotopic (exact) mass is 571 g/mol. The molecule has 0 spiro atoms. The first-order valence-electron chi connectivity index (χ1n) is 13.7. The summed E-state index contributed by atoms with van der Waals surface area (Å²) in [6.45, 7) is 9.49. The van der Waals surface area contributed by atoms with Gasteiger partial charge in [0.1, 0.15) is 22.9 Å². The molecule has 1 aromatic carbocycles. The highest BCUT2D eigenvalue weighted by Crippen LogP contribution is 2.53. The third kappa shape index (κ3) is 4.61. The molecule has 0 bridgehead atoms. The molecule has 2 aliphatic rings. The molecular formula is C30H30FN7O2S. The van der Waals surface area contributed by atoms with E-state index in [0.717, 1.165) is 40.2 Å². The van der Waals surface area contributed by atoms with Gasteiger partial charge < -0.3 is 14.6 Å². The summed E-state index contributed by atoms with van der Waals surface area (Å²) in [6.07, 6.45) is 2.97. The number of hydrogen-bond donors (Lipinski definition) is 1. The number of piperidine rings is 1. The zero-order chi connectivity index (χ0) is 28.6. The molecule has 1 amide bonds. The molecule has 11 heteroatoms. The number of hydrogen-bond acceptors (Lipinski definition) is 8. The van der Waals surface area contributed by atoms with E-state index in [1.54, 1.807) is 40.2 Å². The normalized spacial score (nSPS) is 20.1. The van der Waals surface area contributed by atoms with E-state index in [0.29, 0.717) is 45.1 Å². The van der Waals surface area contributed by atoms with Crippen molar-refractivity contribution in [3.63, 3.8) is 0 Å². The topological polar surface area (TPSA) is 100 Å². The smallest absolute Gasteiger partial charge is 0.414 e. The number of ether oxygens (including phenoxy) is 1. The van der Waals surface area contributed by atoms with E-state index in [2.05, 4.69) is 26.8 Å². The van der Waals surface area contributed by atoms with Gasteiger partial charge in [0.2, 0.25) is 0 Å². The van der Waals surface area contributed by atoms with E-state index < -0.39 is 17.5 Å². The summed E-state index contributed by atoms with van der Waals surface area (Å²) in [5, 5.41) is 1.92. The molecule has 1 unspecified atom stereocenters. The predicted octanol–water partition coefficient (Wildman–Crippen LogP) is 6.42. The molecule has 9 nitrogen and oxygen atoms in total. The second kappa shape index (κ2) is 9.27. The Balaban J connectivity index is 1.36. The maximum atomic E-state index is 15.1. The molecule has 1 saturated heterocycles. The number of aromatic amines is 1. The van der Waals surface area contributed by atoms with Gasteiger partial charge in [-0.05, 0) is 80.6 Å². The van der Waals surface area contributed by atoms with Gasteiger partial charge in [-0.15, -0.1) is 0 Å². The minimum atomic E-state index is -0.691. The Bertz CT molecular complexity index is 1840. The largest absolute Gasteiger partial charge is 0.443 e. The average molecular weight is 572 g/mol. The van der Waals surface area contributed by atoms with Gasteiger partial charge in [-0.2, -0.15) is 0 Å². The van der Waals surface area contributed by atoms with Crippen LogP contribution in [0.3, 0.4) is 0 Å². The summed E-state index contributed by atoms with van der Waals surface area (Å²) in [5.74, 6) is 2.31. The summed E-state index contributed by atoms with van der Waals surface area (Å²) in [5.41, 5.74) is 2.47. The van der Waals surface area contributed by atoms with E-state index in [9.17, 15) is 4.79 Å². The van der Waals surface area contributed by atoms with Gasteiger partial charge >= 0.3 is 6.09 Å². The van der Waals surface area contributed by atoms with Crippen LogP contribution in [0.1, 0.15) is 27.7 Å². The fourth-order valence-electron chi connectivity index (χ4n) is 5.87. The molecule has 41 heavy (non-hydrogen) atoms. The van der Waals surface area contributed by atoms with Crippen molar-refractivity contribution < 1.29 is 13.9 Å². The van der Waals surface area contributed by atoms with Crippen LogP contribution in [0.15, 0.2) is 52.8 Å². The predicted molar refractivity (Wildman–Crippen MR) is 158 cm³/mol. The van der Waals surface area contributed by atoms with Crippen molar-refractivity contribution in [2.75, 3.05) is 29.9 Å². The van der Waals surface area contributed by atoms with Crippen LogP contribution in [-0.4, -0.2) is 56.8 Å². The first-order chi connectivity index (χ1) is 19.6. The van der Waals surface area contributed by atoms with Gasteiger partial charge in [-0.3, -0.25) is 14.9 Å². The number of carbonyl (C=O) groups is 1. The second-order valence-electron chi connectivity index (χ2n) is 12.0. The van der Waals surface area contributed by atoms with Crippen molar-refractivity contribution >= 4 is 62.3 Å². The van der Waals surface area contributed by atoms with Crippen LogP contribution in [0.2, 0.25) is 0 Å². The molecule has 2 fully saturated rings. The number of fused-ring (bicyclic) bond motifs is 5. The molecule has 1 saturated carbocycles. The number of amides is 1. The molecule has 1 N–H and O–H groups in total. The number of halogens is 1. The van der Waals surface area contributed by atoms with Gasteiger partial charge in [0.15, 0.2) is 5.16 Å². The third-order valence-corrected chi connectivity index (χ3v) is 8.87. The number of nitrogens with one attached hydrogen (secondary N) is 1. The Kier molecular flexibility index (Phi) is 5.86. The second-order valence-corrected chi connectivity index (χ2v) is 13.0. The van der Waals surface area contributed by atoms with E-state index in [-0.39, 0.29) is 0 Å². The van der Waals surface area contributed by atoms with Crippen LogP contribution < -0.4 is 9.80 Å². The first-order valence-corrected chi connectivity index (χ1v) is 14.5. The molecule has 4 aromatic heterocycles. The lowest BCUT2D eigenvalue weighted by Gasteiger charge is -2.25. The third-order valence-electron chi connectivity index (χ3n) is 8.05. The van der Waals surface area contributed by atoms with E-state index >= 15 is 4.39 Å². The van der Waals surface area contributed by atoms with Crippen molar-refractivity contribution in [3.8, 4) is 0 Å². The SMILES string of the molecule is CC1[C@H]2CN(c3nc(Sc4cnc5cccnc5c4)nc4[nH]c5c(N(C)C(=O)OC(C)(C)C)cc(F)cc5c34)C[C@@H]12. The molecular weight excluding hydrogens is 541 g/mol. The minimum Gasteiger partial charge on any atom is -0.443 e. The quantitative estimate of drug-likeness (QED) is 0.247. The van der Waals surface area contributed by atoms with Crippen molar-refractivity contribution in [1.82, 2.24) is 24.9 Å². The van der Waals surface area contributed by atoms with Crippen LogP contribution in [-0.2, 0) is 4.74 Å². The van der Waals surface area contributed by atoms with Gasteiger partial charge in [0, 0.05) is 42.8 Å². The number of H-pyrrole nitrogens is 1. The van der Waals surface area contributed by atoms with Gasteiger partial charge in [-0.1, -0.05) is 6.92 Å². The van der Waals surface area contributed by atoms with Crippen molar-refractivity contribution in [2.24, 2.45) is 17.8 Å². The van der Waals surface area contributed by atoms with Crippen LogP contribution in [0.4, 0.5) is 20.7 Å². The van der Waals surface area contributed by atoms with E-state index in [1.807, 2.05) is 18.2 Å². The molecule has 1 aliphatic heterocycles. The van der Waals surface area contributed by atoms with Gasteiger partial charge in [0.25, 0.3) is 0 Å². The molecule has 3 atom stereocenters. The summed E-state index contributed by atoms with van der Waals surface area (Å²) in [7, 11) is 1.58. The minimum absolute atomic E-state index is 0.370. The number of anilines is 2. The summed E-state index contributed by atoms with van der Waals surface area (Å²) < 4.78 is 20.7. The number of pyridine rings is 2. The lowest BCUT2D eigenvalue weighted by atomic mass is 10.1. The molecule has 1 aliphatic carbocycles. The Morgan fingerprint density at radius 3 is 2.68 bits per heavy atom. The summed E-state index contributed by atoms with van der Waals surface area (Å²) in [4.78, 5) is 39.7. The van der Waals surface area contributed by atoms with E-state index in [1.165, 1.54) is 28.8 Å². The van der Waals surface area contributed by atoms with Crippen molar-refractivity contribution in [2.45, 2.75) is 43.3 Å². The summed E-state index contributed by atoms with van der Waals surface area (Å²) in [6, 6.07) is 8.58. The molecule has 5 heterocycles. The molecule has 7 rings (SSSR count). The number of carbonyl (C=O) groups excluding carboxylic acids is 1. The zero-order valence-corrected chi connectivity index (χ0v) is 24.3. The standard InChI is InChI=1S/C30H30FN7O2S/c1-15-19-13-38(14-20(15)19)27-24-18-9-16(31)10-23(37(5)29(39)40-30(2,3)4)25(18)34-26(24)35-28(36-27)41-17-11-22-21(33-12-17)7-6-8-32-22/h6-12,15,19-20H,13-14H2,1-5H3,(H,34,35,36)/t15?,19-,20+. The summed E-state index contributed by atoms with van der Waals surface area (Å²) >= 11 is 1.41. The lowest BCUT2D eigenvalue weighted by Crippen LogP contribution is -2.34. The highest BCUT2D eigenvalue weighted by atomic mass is 32.2. The maximum Gasteiger partial charge on any atom is 0.414 e. The van der Waals surface area contributed by atoms with Crippen molar-refractivity contribution in [1.29, 1.82) is 0 Å². The van der Waals surface area contributed by atoms with Gasteiger partial charge in [0.05, 0.1) is 27.6 Å². The highest BCUT2D eigenvalue weighted by molar-refractivity contribution is 7.99. The van der Waals surface area contributed by atoms with Crippen LogP contribution in [0.5, 0.6) is 0 Å².